The lowest BCUT2D eigenvalue weighted by molar-refractivity contribution is -0.137. The van der Waals surface area contributed by atoms with Crippen molar-refractivity contribution in [1.29, 1.82) is 0 Å². The quantitative estimate of drug-likeness (QED) is 0.750. The molecule has 0 spiro atoms. The Hall–Kier alpha value is -1.86. The van der Waals surface area contributed by atoms with Crippen LogP contribution in [0.3, 0.4) is 0 Å². The highest BCUT2D eigenvalue weighted by Gasteiger charge is 2.30. The lowest BCUT2D eigenvalue weighted by atomic mass is 10.1. The predicted octanol–water partition coefficient (Wildman–Crippen LogP) is 2.33. The van der Waals surface area contributed by atoms with Crippen LogP contribution in [0.5, 0.6) is 0 Å². The highest BCUT2D eigenvalue weighted by molar-refractivity contribution is 5.99. The smallest absolute Gasteiger partial charge is 0.390 e. The molecule has 22 heavy (non-hydrogen) atoms. The Morgan fingerprint density at radius 3 is 2.18 bits per heavy atom. The molecule has 0 aliphatic heterocycles. The molecule has 1 aromatic carbocycles. The number of hydrogen-bond donors (Lipinski definition) is 3. The number of carbonyl (C=O) groups excluding carboxylic acids is 1. The number of benzene rings is 1. The fourth-order valence-electron chi connectivity index (χ4n) is 2.34. The van der Waals surface area contributed by atoms with Crippen LogP contribution in [0.15, 0.2) is 36.4 Å². The molecule has 4 nitrogen and oxygen atoms in total. The number of hydrogen-bond acceptors (Lipinski definition) is 3. The van der Waals surface area contributed by atoms with Gasteiger partial charge in [-0.2, -0.15) is 13.2 Å². The molecule has 1 saturated carbocycles. The van der Waals surface area contributed by atoms with Gasteiger partial charge in [-0.05, 0) is 49.1 Å². The summed E-state index contributed by atoms with van der Waals surface area (Å²) in [5.41, 5.74) is -0.524. The van der Waals surface area contributed by atoms with E-state index >= 15 is 0 Å². The zero-order valence-corrected chi connectivity index (χ0v) is 11.5. The van der Waals surface area contributed by atoms with Crippen molar-refractivity contribution in [3.8, 4) is 0 Å². The van der Waals surface area contributed by atoms with Crippen LogP contribution in [0.1, 0.15) is 18.4 Å². The van der Waals surface area contributed by atoms with E-state index in [2.05, 4.69) is 5.32 Å². The summed E-state index contributed by atoms with van der Waals surface area (Å²) in [4.78, 5) is 11.7. The number of rotatable bonds is 3. The number of aliphatic hydroxyl groups excluding tert-OH is 2. The summed E-state index contributed by atoms with van der Waals surface area (Å²) in [6, 6.07) is 4.14. The Morgan fingerprint density at radius 1 is 1.14 bits per heavy atom. The van der Waals surface area contributed by atoms with Crippen LogP contribution in [0, 0.1) is 5.92 Å². The maximum atomic E-state index is 12.4. The third-order valence-corrected chi connectivity index (χ3v) is 3.53. The van der Waals surface area contributed by atoms with E-state index in [1.807, 2.05) is 0 Å². The van der Waals surface area contributed by atoms with Crippen LogP contribution in [0.4, 0.5) is 18.9 Å². The number of anilines is 1. The minimum absolute atomic E-state index is 0.0941. The van der Waals surface area contributed by atoms with E-state index < -0.39 is 29.9 Å². The molecule has 1 unspecified atom stereocenters. The molecule has 0 saturated heterocycles. The monoisotopic (exact) mass is 315 g/mol. The second kappa shape index (κ2) is 6.50. The third-order valence-electron chi connectivity index (χ3n) is 3.53. The summed E-state index contributed by atoms with van der Waals surface area (Å²) < 4.78 is 37.2. The predicted molar refractivity (Wildman–Crippen MR) is 74.0 cm³/mol. The van der Waals surface area contributed by atoms with E-state index in [1.54, 1.807) is 6.08 Å². The molecule has 0 radical (unpaired) electrons. The second-order valence-electron chi connectivity index (χ2n) is 5.29. The van der Waals surface area contributed by atoms with Crippen molar-refractivity contribution in [2.75, 3.05) is 5.32 Å². The van der Waals surface area contributed by atoms with Crippen molar-refractivity contribution in [2.24, 2.45) is 5.92 Å². The van der Waals surface area contributed by atoms with Crippen molar-refractivity contribution in [3.63, 3.8) is 0 Å². The van der Waals surface area contributed by atoms with Crippen LogP contribution < -0.4 is 5.32 Å². The summed E-state index contributed by atoms with van der Waals surface area (Å²) in [5, 5.41) is 21.2. The Bertz CT molecular complexity index is 544. The minimum atomic E-state index is -4.41. The number of alkyl halides is 3. The lowest BCUT2D eigenvalue weighted by Crippen LogP contribution is -2.17. The molecule has 1 aliphatic carbocycles. The Morgan fingerprint density at radius 2 is 1.68 bits per heavy atom. The Kier molecular flexibility index (Phi) is 4.87. The van der Waals surface area contributed by atoms with E-state index in [4.69, 9.17) is 0 Å². The second-order valence-corrected chi connectivity index (χ2v) is 5.29. The molecular formula is C15H16F3NO3. The molecule has 1 aliphatic rings. The fraction of sp³-hybridized carbons (Fsp3) is 0.400. The number of aliphatic hydroxyl groups is 2. The summed E-state index contributed by atoms with van der Waals surface area (Å²) >= 11 is 0. The van der Waals surface area contributed by atoms with Crippen LogP contribution in [0.25, 0.3) is 0 Å². The maximum Gasteiger partial charge on any atom is 0.416 e. The van der Waals surface area contributed by atoms with Crippen molar-refractivity contribution >= 4 is 11.6 Å². The number of allylic oxidation sites excluding steroid dienone is 1. The molecular weight excluding hydrogens is 299 g/mol. The highest BCUT2D eigenvalue weighted by atomic mass is 19.4. The van der Waals surface area contributed by atoms with Crippen molar-refractivity contribution < 1.29 is 28.2 Å². The highest BCUT2D eigenvalue weighted by Crippen LogP contribution is 2.30. The van der Waals surface area contributed by atoms with Crippen LogP contribution in [-0.4, -0.2) is 28.3 Å². The van der Waals surface area contributed by atoms with Gasteiger partial charge in [0, 0.05) is 5.69 Å². The van der Waals surface area contributed by atoms with E-state index in [-0.39, 0.29) is 11.6 Å². The molecule has 2 rings (SSSR count). The van der Waals surface area contributed by atoms with Gasteiger partial charge in [0.15, 0.2) is 0 Å². The number of carbonyl (C=O) groups is 1. The molecule has 3 N–H and O–H groups in total. The van der Waals surface area contributed by atoms with Gasteiger partial charge >= 0.3 is 6.18 Å². The Balaban J connectivity index is 1.89. The molecule has 1 aromatic rings. The Labute approximate surface area is 125 Å². The van der Waals surface area contributed by atoms with Gasteiger partial charge in [-0.15, -0.1) is 0 Å². The lowest BCUT2D eigenvalue weighted by Gasteiger charge is -2.08. The first-order chi connectivity index (χ1) is 10.3. The average molecular weight is 315 g/mol. The van der Waals surface area contributed by atoms with Gasteiger partial charge < -0.3 is 15.5 Å². The van der Waals surface area contributed by atoms with Gasteiger partial charge in [0.25, 0.3) is 0 Å². The summed E-state index contributed by atoms with van der Waals surface area (Å²) in [7, 11) is 0. The number of amides is 1. The van der Waals surface area contributed by atoms with Gasteiger partial charge in [-0.25, -0.2) is 0 Å². The minimum Gasteiger partial charge on any atom is -0.390 e. The molecule has 3 atom stereocenters. The first-order valence-electron chi connectivity index (χ1n) is 6.78. The van der Waals surface area contributed by atoms with Gasteiger partial charge in [0.05, 0.1) is 17.8 Å². The summed E-state index contributed by atoms with van der Waals surface area (Å²) in [6.07, 6.45) is -2.38. The van der Waals surface area contributed by atoms with E-state index in [0.29, 0.717) is 12.8 Å². The molecule has 120 valence electrons. The molecule has 0 heterocycles. The molecule has 7 heteroatoms. The molecule has 0 aromatic heterocycles. The van der Waals surface area contributed by atoms with Crippen molar-refractivity contribution in [2.45, 2.75) is 31.2 Å². The van der Waals surface area contributed by atoms with Crippen LogP contribution >= 0.6 is 0 Å². The van der Waals surface area contributed by atoms with Gasteiger partial charge in [-0.3, -0.25) is 4.79 Å². The zero-order valence-electron chi connectivity index (χ0n) is 11.5. The van der Waals surface area contributed by atoms with Gasteiger partial charge in [0.2, 0.25) is 5.91 Å². The number of halogens is 3. The molecule has 1 amide bonds. The van der Waals surface area contributed by atoms with Gasteiger partial charge in [0.1, 0.15) is 0 Å². The average Bonchev–Trinajstić information content (AvgIpc) is 2.75. The molecule has 1 fully saturated rings. The van der Waals surface area contributed by atoms with Crippen LogP contribution in [0.2, 0.25) is 0 Å². The molecule has 0 bridgehead atoms. The van der Waals surface area contributed by atoms with E-state index in [0.717, 1.165) is 12.1 Å². The zero-order chi connectivity index (χ0) is 16.3. The van der Waals surface area contributed by atoms with E-state index in [1.165, 1.54) is 18.2 Å². The van der Waals surface area contributed by atoms with Crippen molar-refractivity contribution in [3.05, 3.63) is 42.0 Å². The summed E-state index contributed by atoms with van der Waals surface area (Å²) in [6.45, 7) is 0. The number of nitrogens with one attached hydrogen (secondary N) is 1. The first-order valence-corrected chi connectivity index (χ1v) is 6.78. The maximum absolute atomic E-state index is 12.4. The first kappa shape index (κ1) is 16.5. The van der Waals surface area contributed by atoms with E-state index in [9.17, 15) is 28.2 Å². The van der Waals surface area contributed by atoms with Crippen LogP contribution in [-0.2, 0) is 11.0 Å². The topological polar surface area (TPSA) is 69.6 Å². The van der Waals surface area contributed by atoms with Gasteiger partial charge in [-0.1, -0.05) is 6.08 Å². The summed E-state index contributed by atoms with van der Waals surface area (Å²) in [5.74, 6) is -0.570. The fourth-order valence-corrected chi connectivity index (χ4v) is 2.34. The standard InChI is InChI=1S/C15H16F3NO3/c16-15(17,18)10-2-4-11(5-3-10)19-14(22)6-1-9-7-12(20)13(21)8-9/h1-6,9,12-13,20-21H,7-8H2,(H,19,22)/b6-1+/t9?,12-,13+. The SMILES string of the molecule is O=C(/C=C/C1C[C@@H](O)[C@@H](O)C1)Nc1ccc(C(F)(F)F)cc1. The third kappa shape index (κ3) is 4.32. The van der Waals surface area contributed by atoms with Crippen molar-refractivity contribution in [1.82, 2.24) is 0 Å². The normalized spacial score (nSPS) is 25.6. The largest absolute Gasteiger partial charge is 0.416 e.